The molecule has 2 rings (SSSR count). The van der Waals surface area contributed by atoms with E-state index >= 15 is 0 Å². The lowest BCUT2D eigenvalue weighted by molar-refractivity contribution is -0.123. The molecule has 0 spiro atoms. The zero-order valence-corrected chi connectivity index (χ0v) is 15.1. The fraction of sp³-hybridized carbons (Fsp3) is 0.263. The highest BCUT2D eigenvalue weighted by Crippen LogP contribution is 2.21. The lowest BCUT2D eigenvalue weighted by Crippen LogP contribution is -2.33. The summed E-state index contributed by atoms with van der Waals surface area (Å²) in [6, 6.07) is 12.2. The van der Waals surface area contributed by atoms with Gasteiger partial charge in [0.05, 0.1) is 6.54 Å². The van der Waals surface area contributed by atoms with Crippen molar-refractivity contribution in [2.24, 2.45) is 0 Å². The molecule has 4 nitrogen and oxygen atoms in total. The van der Waals surface area contributed by atoms with Crippen LogP contribution in [0.5, 0.6) is 0 Å². The summed E-state index contributed by atoms with van der Waals surface area (Å²) in [5, 5.41) is 5.40. The number of hydrogen-bond donors (Lipinski definition) is 2. The number of carbonyl (C=O) groups excluding carboxylic acids is 2. The Kier molecular flexibility index (Phi) is 7.01. The summed E-state index contributed by atoms with van der Waals surface area (Å²) in [6.45, 7) is 3.75. The zero-order chi connectivity index (χ0) is 18.2. The van der Waals surface area contributed by atoms with E-state index in [4.69, 9.17) is 0 Å². The van der Waals surface area contributed by atoms with Crippen molar-refractivity contribution in [1.82, 2.24) is 5.32 Å². The first-order chi connectivity index (χ1) is 12.0. The Morgan fingerprint density at radius 2 is 1.68 bits per heavy atom. The maximum Gasteiger partial charge on any atom is 0.243 e. The van der Waals surface area contributed by atoms with E-state index in [1.807, 2.05) is 32.0 Å². The summed E-state index contributed by atoms with van der Waals surface area (Å²) in [7, 11) is 0. The highest BCUT2D eigenvalue weighted by molar-refractivity contribution is 7.99. The number of amides is 2. The Morgan fingerprint density at radius 1 is 1.00 bits per heavy atom. The lowest BCUT2D eigenvalue weighted by atomic mass is 10.1. The number of hydrogen-bond acceptors (Lipinski definition) is 3. The van der Waals surface area contributed by atoms with Gasteiger partial charge in [-0.2, -0.15) is 0 Å². The average molecular weight is 360 g/mol. The average Bonchev–Trinajstić information content (AvgIpc) is 2.58. The number of thioether (sulfide) groups is 1. The predicted octanol–water partition coefficient (Wildman–Crippen LogP) is 3.68. The molecule has 132 valence electrons. The third-order valence-corrected chi connectivity index (χ3v) is 4.67. The monoisotopic (exact) mass is 360 g/mol. The smallest absolute Gasteiger partial charge is 0.243 e. The van der Waals surface area contributed by atoms with Crippen molar-refractivity contribution in [3.8, 4) is 0 Å². The van der Waals surface area contributed by atoms with E-state index < -0.39 is 0 Å². The zero-order valence-electron chi connectivity index (χ0n) is 14.3. The molecule has 0 aromatic heterocycles. The van der Waals surface area contributed by atoms with Crippen LogP contribution in [-0.2, 0) is 9.59 Å². The normalized spacial score (nSPS) is 10.4. The standard InChI is InChI=1S/C19H21FN2O2S/c1-13-6-5-7-14(2)19(13)22-18(24)12-21-17(23)10-11-25-16-9-4-3-8-15(16)20/h3-9H,10-12H2,1-2H3,(H,21,23)(H,22,24). The van der Waals surface area contributed by atoms with Crippen molar-refractivity contribution >= 4 is 29.3 Å². The lowest BCUT2D eigenvalue weighted by Gasteiger charge is -2.12. The number of nitrogens with one attached hydrogen (secondary N) is 2. The number of rotatable bonds is 7. The van der Waals surface area contributed by atoms with Crippen LogP contribution in [0.1, 0.15) is 17.5 Å². The summed E-state index contributed by atoms with van der Waals surface area (Å²) in [5.41, 5.74) is 2.72. The Balaban J connectivity index is 1.73. The molecule has 25 heavy (non-hydrogen) atoms. The molecule has 0 saturated heterocycles. The highest BCUT2D eigenvalue weighted by atomic mass is 32.2. The molecule has 0 saturated carbocycles. The summed E-state index contributed by atoms with van der Waals surface area (Å²) in [6.07, 6.45) is 0.218. The summed E-state index contributed by atoms with van der Waals surface area (Å²) in [5.74, 6) is -0.348. The van der Waals surface area contributed by atoms with Crippen LogP contribution in [0.3, 0.4) is 0 Å². The van der Waals surface area contributed by atoms with Crippen LogP contribution in [0.15, 0.2) is 47.4 Å². The van der Waals surface area contributed by atoms with Gasteiger partial charge in [-0.15, -0.1) is 11.8 Å². The summed E-state index contributed by atoms with van der Waals surface area (Å²) >= 11 is 1.28. The minimum absolute atomic E-state index is 0.0863. The van der Waals surface area contributed by atoms with Crippen LogP contribution in [0, 0.1) is 19.7 Å². The second-order valence-corrected chi connectivity index (χ2v) is 6.76. The van der Waals surface area contributed by atoms with Crippen molar-refractivity contribution in [3.05, 3.63) is 59.4 Å². The first kappa shape index (κ1) is 19.0. The van der Waals surface area contributed by atoms with E-state index in [0.717, 1.165) is 16.8 Å². The summed E-state index contributed by atoms with van der Waals surface area (Å²) < 4.78 is 13.5. The maximum atomic E-state index is 13.5. The van der Waals surface area contributed by atoms with Crippen LogP contribution < -0.4 is 10.6 Å². The highest BCUT2D eigenvalue weighted by Gasteiger charge is 2.09. The van der Waals surface area contributed by atoms with Crippen molar-refractivity contribution in [2.45, 2.75) is 25.2 Å². The number of para-hydroxylation sites is 1. The van der Waals surface area contributed by atoms with E-state index in [2.05, 4.69) is 10.6 Å². The third kappa shape index (κ3) is 5.90. The van der Waals surface area contributed by atoms with Crippen molar-refractivity contribution in [3.63, 3.8) is 0 Å². The Bertz CT molecular complexity index is 745. The largest absolute Gasteiger partial charge is 0.347 e. The second kappa shape index (κ2) is 9.22. The van der Waals surface area contributed by atoms with E-state index in [1.165, 1.54) is 17.8 Å². The van der Waals surface area contributed by atoms with Crippen LogP contribution in [0.25, 0.3) is 0 Å². The van der Waals surface area contributed by atoms with Crippen LogP contribution in [-0.4, -0.2) is 24.1 Å². The fourth-order valence-corrected chi connectivity index (χ4v) is 3.17. The molecule has 0 heterocycles. The quantitative estimate of drug-likeness (QED) is 0.741. The van der Waals surface area contributed by atoms with Crippen molar-refractivity contribution in [2.75, 3.05) is 17.6 Å². The topological polar surface area (TPSA) is 58.2 Å². The minimum Gasteiger partial charge on any atom is -0.347 e. The van der Waals surface area contributed by atoms with Gasteiger partial charge >= 0.3 is 0 Å². The Morgan fingerprint density at radius 3 is 2.36 bits per heavy atom. The predicted molar refractivity (Wildman–Crippen MR) is 99.3 cm³/mol. The molecule has 6 heteroatoms. The molecule has 0 bridgehead atoms. The molecule has 0 fully saturated rings. The molecule has 2 N–H and O–H groups in total. The van der Waals surface area contributed by atoms with Gasteiger partial charge in [0, 0.05) is 22.8 Å². The van der Waals surface area contributed by atoms with Gasteiger partial charge in [0.25, 0.3) is 0 Å². The molecule has 0 radical (unpaired) electrons. The number of halogens is 1. The van der Waals surface area contributed by atoms with Gasteiger partial charge in [-0.05, 0) is 37.1 Å². The van der Waals surface area contributed by atoms with Crippen LogP contribution >= 0.6 is 11.8 Å². The van der Waals surface area contributed by atoms with E-state index in [-0.39, 0.29) is 30.6 Å². The van der Waals surface area contributed by atoms with Gasteiger partial charge in [0.1, 0.15) is 5.82 Å². The third-order valence-electron chi connectivity index (χ3n) is 3.61. The Hall–Kier alpha value is -2.34. The molecule has 0 unspecified atom stereocenters. The molecule has 2 aromatic rings. The molecular weight excluding hydrogens is 339 g/mol. The SMILES string of the molecule is Cc1cccc(C)c1NC(=O)CNC(=O)CCSc1ccccc1F. The molecule has 0 aliphatic carbocycles. The van der Waals surface area contributed by atoms with E-state index in [1.54, 1.807) is 18.2 Å². The molecule has 2 aromatic carbocycles. The first-order valence-corrected chi connectivity index (χ1v) is 8.96. The van der Waals surface area contributed by atoms with Gasteiger partial charge in [-0.3, -0.25) is 9.59 Å². The number of aryl methyl sites for hydroxylation is 2. The molecule has 2 amide bonds. The summed E-state index contributed by atoms with van der Waals surface area (Å²) in [4.78, 5) is 24.3. The second-order valence-electron chi connectivity index (χ2n) is 5.62. The van der Waals surface area contributed by atoms with Crippen LogP contribution in [0.2, 0.25) is 0 Å². The van der Waals surface area contributed by atoms with Crippen molar-refractivity contribution < 1.29 is 14.0 Å². The van der Waals surface area contributed by atoms with E-state index in [0.29, 0.717) is 10.6 Å². The van der Waals surface area contributed by atoms with Gasteiger partial charge in [0.15, 0.2) is 0 Å². The fourth-order valence-electron chi connectivity index (χ4n) is 2.28. The van der Waals surface area contributed by atoms with Crippen molar-refractivity contribution in [1.29, 1.82) is 0 Å². The Labute approximate surface area is 151 Å². The molecule has 0 aliphatic rings. The molecular formula is C19H21FN2O2S. The molecule has 0 atom stereocenters. The van der Waals surface area contributed by atoms with Gasteiger partial charge < -0.3 is 10.6 Å². The number of carbonyl (C=O) groups is 2. The van der Waals surface area contributed by atoms with Crippen LogP contribution in [0.4, 0.5) is 10.1 Å². The minimum atomic E-state index is -0.291. The first-order valence-electron chi connectivity index (χ1n) is 7.97. The van der Waals surface area contributed by atoms with E-state index in [9.17, 15) is 14.0 Å². The number of anilines is 1. The van der Waals surface area contributed by atoms with Gasteiger partial charge in [0.2, 0.25) is 11.8 Å². The maximum absolute atomic E-state index is 13.5. The molecule has 0 aliphatic heterocycles. The van der Waals surface area contributed by atoms with Gasteiger partial charge in [-0.25, -0.2) is 4.39 Å². The number of benzene rings is 2. The van der Waals surface area contributed by atoms with Gasteiger partial charge in [-0.1, -0.05) is 30.3 Å².